The summed E-state index contributed by atoms with van der Waals surface area (Å²) in [5, 5.41) is 13.2. The normalized spacial score (nSPS) is 26.1. The maximum Gasteiger partial charge on any atom is 0.411 e. The first kappa shape index (κ1) is 35.8. The van der Waals surface area contributed by atoms with Crippen molar-refractivity contribution in [3.8, 4) is 0 Å². The predicted octanol–water partition coefficient (Wildman–Crippen LogP) is 7.71. The van der Waals surface area contributed by atoms with Gasteiger partial charge in [0.15, 0.2) is 3.61 Å². The lowest BCUT2D eigenvalue weighted by atomic mass is 9.81. The molecule has 1 atom stereocenters. The molecule has 0 bridgehead atoms. The Kier molecular flexibility index (Phi) is 11.7. The Morgan fingerprint density at radius 2 is 1.64 bits per heavy atom. The number of alkyl carbamates (subject to hydrolysis) is 1. The summed E-state index contributed by atoms with van der Waals surface area (Å²) in [5.41, 5.74) is 0.273. The van der Waals surface area contributed by atoms with Crippen LogP contribution in [0.5, 0.6) is 0 Å². The van der Waals surface area contributed by atoms with Crippen molar-refractivity contribution in [2.75, 3.05) is 18.0 Å². The maximum atomic E-state index is 14.2. The number of nitrogens with one attached hydrogen (secondary N) is 1. The quantitative estimate of drug-likeness (QED) is 0.216. The fourth-order valence-corrected chi connectivity index (χ4v) is 7.82. The maximum absolute atomic E-state index is 14.2. The third-order valence-corrected chi connectivity index (χ3v) is 10.9. The molecule has 1 aromatic heterocycles. The SMILES string of the molecule is CC(C)(I)OC(=O)N1CCC[C@@H](OC(=O)NC2CCC(N(c3cc(C(C)(C)C)sc3C(=O)O)C(=O)[C@H]3CC[C@H](C)CC3)CC2)C1. The monoisotopic (exact) mass is 759 g/mol. The Balaban J connectivity index is 1.41. The zero-order valence-corrected chi connectivity index (χ0v) is 30.5. The summed E-state index contributed by atoms with van der Waals surface area (Å²) in [4.78, 5) is 56.6. The average Bonchev–Trinajstić information content (AvgIpc) is 3.40. The molecule has 1 aliphatic heterocycles. The Labute approximate surface area is 285 Å². The van der Waals surface area contributed by atoms with Crippen molar-refractivity contribution in [3.63, 3.8) is 0 Å². The first-order chi connectivity index (χ1) is 21.0. The Morgan fingerprint density at radius 3 is 2.22 bits per heavy atom. The number of rotatable bonds is 7. The van der Waals surface area contributed by atoms with E-state index in [4.69, 9.17) is 9.47 Å². The van der Waals surface area contributed by atoms with Crippen LogP contribution in [0.4, 0.5) is 15.3 Å². The van der Waals surface area contributed by atoms with E-state index in [2.05, 4.69) is 55.6 Å². The van der Waals surface area contributed by atoms with Gasteiger partial charge in [-0.2, -0.15) is 0 Å². The van der Waals surface area contributed by atoms with Crippen molar-refractivity contribution in [2.45, 2.75) is 133 Å². The van der Waals surface area contributed by atoms with Gasteiger partial charge in [-0.05, 0) is 118 Å². The number of hydrogen-bond donors (Lipinski definition) is 2. The molecule has 0 radical (unpaired) electrons. The number of piperidine rings is 1. The molecule has 12 heteroatoms. The minimum Gasteiger partial charge on any atom is -0.477 e. The van der Waals surface area contributed by atoms with Crippen LogP contribution in [-0.2, 0) is 19.7 Å². The van der Waals surface area contributed by atoms with Gasteiger partial charge in [0, 0.05) is 29.4 Å². The van der Waals surface area contributed by atoms with Crippen LogP contribution >= 0.6 is 33.9 Å². The molecule has 2 N–H and O–H groups in total. The van der Waals surface area contributed by atoms with Gasteiger partial charge in [0.2, 0.25) is 5.91 Å². The van der Waals surface area contributed by atoms with Crippen LogP contribution in [0, 0.1) is 11.8 Å². The second kappa shape index (κ2) is 14.8. The third-order valence-electron chi connectivity index (χ3n) is 9.13. The summed E-state index contributed by atoms with van der Waals surface area (Å²) in [7, 11) is 0. The minimum atomic E-state index is -1.01. The molecule has 2 heterocycles. The summed E-state index contributed by atoms with van der Waals surface area (Å²) in [5.74, 6) is -0.487. The first-order valence-corrected chi connectivity index (χ1v) is 18.3. The number of nitrogens with zero attached hydrogens (tertiary/aromatic N) is 2. The number of carbonyl (C=O) groups is 4. The molecule has 3 fully saturated rings. The van der Waals surface area contributed by atoms with Crippen LogP contribution in [0.25, 0.3) is 0 Å². The van der Waals surface area contributed by atoms with E-state index in [1.807, 2.05) is 24.8 Å². The van der Waals surface area contributed by atoms with Gasteiger partial charge in [0.1, 0.15) is 11.0 Å². The number of thiophene rings is 1. The number of anilines is 1. The van der Waals surface area contributed by atoms with Crippen LogP contribution in [0.2, 0.25) is 0 Å². The number of ether oxygens (including phenoxy) is 2. The molecule has 0 spiro atoms. The van der Waals surface area contributed by atoms with Gasteiger partial charge in [-0.25, -0.2) is 14.4 Å². The number of carboxylic acids is 1. The molecule has 2 aliphatic carbocycles. The highest BCUT2D eigenvalue weighted by atomic mass is 127. The van der Waals surface area contributed by atoms with Crippen molar-refractivity contribution < 1.29 is 33.8 Å². The van der Waals surface area contributed by atoms with E-state index in [-0.39, 0.29) is 34.2 Å². The molecule has 45 heavy (non-hydrogen) atoms. The van der Waals surface area contributed by atoms with Crippen molar-refractivity contribution in [2.24, 2.45) is 11.8 Å². The van der Waals surface area contributed by atoms with Gasteiger partial charge in [-0.15, -0.1) is 11.3 Å². The molecule has 3 aliphatic rings. The topological polar surface area (TPSA) is 125 Å². The molecule has 252 valence electrons. The van der Waals surface area contributed by atoms with E-state index in [0.717, 1.165) is 37.0 Å². The number of carboxylic acid groups (broad SMARTS) is 1. The zero-order chi connectivity index (χ0) is 33.1. The second-order valence-corrected chi connectivity index (χ2v) is 18.2. The molecule has 4 rings (SSSR count). The zero-order valence-electron chi connectivity index (χ0n) is 27.5. The molecule has 1 saturated heterocycles. The van der Waals surface area contributed by atoms with E-state index >= 15 is 0 Å². The van der Waals surface area contributed by atoms with E-state index in [9.17, 15) is 24.3 Å². The molecule has 3 amide bonds. The molecule has 0 aromatic carbocycles. The van der Waals surface area contributed by atoms with Gasteiger partial charge in [-0.1, -0.05) is 27.7 Å². The molecular formula is C33H50IN3O7S. The minimum absolute atomic E-state index is 0.0322. The molecule has 0 unspecified atom stereocenters. The van der Waals surface area contributed by atoms with Crippen LogP contribution in [0.1, 0.15) is 120 Å². The summed E-state index contributed by atoms with van der Waals surface area (Å²) in [6.07, 6.45) is 6.33. The van der Waals surface area contributed by atoms with E-state index < -0.39 is 27.9 Å². The fraction of sp³-hybridized carbons (Fsp3) is 0.758. The lowest BCUT2D eigenvalue weighted by molar-refractivity contribution is -0.124. The Hall–Kier alpha value is -2.09. The number of halogens is 1. The van der Waals surface area contributed by atoms with Crippen LogP contribution in [0.3, 0.4) is 0 Å². The fourth-order valence-electron chi connectivity index (χ4n) is 6.59. The lowest BCUT2D eigenvalue weighted by Gasteiger charge is -2.39. The molecular weight excluding hydrogens is 709 g/mol. The highest BCUT2D eigenvalue weighted by Gasteiger charge is 2.39. The summed E-state index contributed by atoms with van der Waals surface area (Å²) in [6, 6.07) is 1.66. The van der Waals surface area contributed by atoms with Crippen molar-refractivity contribution in [1.82, 2.24) is 10.2 Å². The highest BCUT2D eigenvalue weighted by Crippen LogP contribution is 2.42. The van der Waals surface area contributed by atoms with Gasteiger partial charge >= 0.3 is 18.2 Å². The Bertz CT molecular complexity index is 1220. The van der Waals surface area contributed by atoms with Crippen LogP contribution < -0.4 is 10.2 Å². The number of amides is 3. The highest BCUT2D eigenvalue weighted by molar-refractivity contribution is 14.1. The number of hydrogen-bond acceptors (Lipinski definition) is 7. The van der Waals surface area contributed by atoms with Crippen molar-refractivity contribution in [3.05, 3.63) is 15.8 Å². The third kappa shape index (κ3) is 9.71. The summed E-state index contributed by atoms with van der Waals surface area (Å²) < 4.78 is 10.6. The number of likely N-dealkylation sites (tertiary alicyclic amines) is 1. The molecule has 2 saturated carbocycles. The summed E-state index contributed by atoms with van der Waals surface area (Å²) in [6.45, 7) is 12.9. The number of aromatic carboxylic acids is 1. The largest absolute Gasteiger partial charge is 0.477 e. The number of carbonyl (C=O) groups excluding carboxylic acids is 3. The van der Waals surface area contributed by atoms with E-state index in [1.54, 1.807) is 4.90 Å². The van der Waals surface area contributed by atoms with Gasteiger partial charge in [0.25, 0.3) is 0 Å². The van der Waals surface area contributed by atoms with Crippen molar-refractivity contribution in [1.29, 1.82) is 0 Å². The summed E-state index contributed by atoms with van der Waals surface area (Å²) >= 11 is 3.32. The smallest absolute Gasteiger partial charge is 0.411 e. The molecule has 10 nitrogen and oxygen atoms in total. The van der Waals surface area contributed by atoms with Gasteiger partial charge in [0.05, 0.1) is 12.2 Å². The van der Waals surface area contributed by atoms with Crippen molar-refractivity contribution >= 4 is 63.7 Å². The number of alkyl halides is 1. The van der Waals surface area contributed by atoms with Crippen LogP contribution in [0.15, 0.2) is 6.07 Å². The standard InChI is InChI=1S/C33H50IN3O7S/c1-20-9-11-21(12-10-20)28(38)37(25-18-26(32(2,3)4)45-27(25)29(39)40)23-15-13-22(14-16-23)35-30(41)43-24-8-7-17-36(19-24)31(42)44-33(5,6)34/h18,20-24H,7-17,19H2,1-6H3,(H,35,41)(H,39,40)/t20-,21-,22?,23?,24-/m1/s1. The molecule has 1 aromatic rings. The average molecular weight is 760 g/mol. The predicted molar refractivity (Wildman–Crippen MR) is 183 cm³/mol. The van der Waals surface area contributed by atoms with Crippen LogP contribution in [-0.4, -0.2) is 69.0 Å². The van der Waals surface area contributed by atoms with Gasteiger partial charge in [-0.3, -0.25) is 4.79 Å². The first-order valence-electron chi connectivity index (χ1n) is 16.4. The van der Waals surface area contributed by atoms with Gasteiger partial charge < -0.3 is 29.7 Å². The van der Waals surface area contributed by atoms with E-state index in [1.165, 1.54) is 11.3 Å². The lowest BCUT2D eigenvalue weighted by Crippen LogP contribution is -2.50. The van der Waals surface area contributed by atoms with E-state index in [0.29, 0.717) is 56.8 Å². The Morgan fingerprint density at radius 1 is 1.00 bits per heavy atom. The second-order valence-electron chi connectivity index (χ2n) is 14.5.